The molecule has 1 aliphatic heterocycles. The second-order valence-corrected chi connectivity index (χ2v) is 6.39. The van der Waals surface area contributed by atoms with Gasteiger partial charge < -0.3 is 15.0 Å². The zero-order chi connectivity index (χ0) is 18.7. The van der Waals surface area contributed by atoms with Crippen LogP contribution in [0.5, 0.6) is 5.75 Å². The molecule has 2 aromatic rings. The fourth-order valence-corrected chi connectivity index (χ4v) is 3.42. The summed E-state index contributed by atoms with van der Waals surface area (Å²) in [5, 5.41) is 3.07. The second-order valence-electron chi connectivity index (χ2n) is 6.39. The van der Waals surface area contributed by atoms with Gasteiger partial charge in [0.05, 0.1) is 12.7 Å². The van der Waals surface area contributed by atoms with E-state index in [-0.39, 0.29) is 23.1 Å². The fraction of sp³-hybridized carbons (Fsp3) is 0.350. The lowest BCUT2D eigenvalue weighted by Gasteiger charge is -2.25. The van der Waals surface area contributed by atoms with Gasteiger partial charge in [-0.3, -0.25) is 4.79 Å². The van der Waals surface area contributed by atoms with Gasteiger partial charge >= 0.3 is 0 Å². The van der Waals surface area contributed by atoms with Gasteiger partial charge in [-0.05, 0) is 49.7 Å². The number of hydrogen-bond donors (Lipinski definition) is 1. The normalized spacial score (nSPS) is 16.8. The Balaban J connectivity index is 1.87. The highest BCUT2D eigenvalue weighted by Gasteiger charge is 2.30. The van der Waals surface area contributed by atoms with E-state index >= 15 is 0 Å². The van der Waals surface area contributed by atoms with Crippen molar-refractivity contribution in [3.63, 3.8) is 0 Å². The predicted molar refractivity (Wildman–Crippen MR) is 96.3 cm³/mol. The molecule has 0 aromatic heterocycles. The predicted octanol–water partition coefficient (Wildman–Crippen LogP) is 3.46. The maximum atomic E-state index is 14.6. The standard InChI is InChI=1S/C20H22F2N2O2/c1-23-12-14-4-3-9-24(14)20(25)17-7-5-13(10-18(17)21)16-8-6-15(26-2)11-19(16)22/h5-8,10-11,14,23H,3-4,9,12H2,1-2H3. The number of amides is 1. The molecule has 1 atom stereocenters. The van der Waals surface area contributed by atoms with Gasteiger partial charge in [0, 0.05) is 30.8 Å². The molecule has 0 saturated carbocycles. The Labute approximate surface area is 151 Å². The third-order valence-electron chi connectivity index (χ3n) is 4.76. The van der Waals surface area contributed by atoms with Gasteiger partial charge in [0.2, 0.25) is 0 Å². The zero-order valence-electron chi connectivity index (χ0n) is 14.9. The molecule has 26 heavy (non-hydrogen) atoms. The molecule has 138 valence electrons. The van der Waals surface area contributed by atoms with E-state index in [4.69, 9.17) is 4.74 Å². The number of carbonyl (C=O) groups is 1. The minimum atomic E-state index is -0.641. The first kappa shape index (κ1) is 18.3. The Hall–Kier alpha value is -2.47. The van der Waals surface area contributed by atoms with Gasteiger partial charge in [0.25, 0.3) is 5.91 Å². The highest BCUT2D eigenvalue weighted by molar-refractivity contribution is 5.95. The summed E-state index contributed by atoms with van der Waals surface area (Å²) in [5.74, 6) is -1.07. The third-order valence-corrected chi connectivity index (χ3v) is 4.76. The first-order chi connectivity index (χ1) is 12.5. The lowest BCUT2D eigenvalue weighted by atomic mass is 10.0. The van der Waals surface area contributed by atoms with Crippen LogP contribution in [0.4, 0.5) is 8.78 Å². The summed E-state index contributed by atoms with van der Waals surface area (Å²) in [5.41, 5.74) is 0.663. The van der Waals surface area contributed by atoms with E-state index in [0.29, 0.717) is 24.4 Å². The molecule has 1 saturated heterocycles. The van der Waals surface area contributed by atoms with E-state index in [1.165, 1.54) is 31.4 Å². The van der Waals surface area contributed by atoms with E-state index in [1.54, 1.807) is 17.0 Å². The number of nitrogens with zero attached hydrogens (tertiary/aromatic N) is 1. The van der Waals surface area contributed by atoms with Crippen LogP contribution in [0.15, 0.2) is 36.4 Å². The number of benzene rings is 2. The number of halogens is 2. The Bertz CT molecular complexity index is 810. The van der Waals surface area contributed by atoms with E-state index in [0.717, 1.165) is 12.8 Å². The number of rotatable bonds is 5. The molecule has 1 unspecified atom stereocenters. The van der Waals surface area contributed by atoms with Crippen molar-refractivity contribution in [3.05, 3.63) is 53.6 Å². The van der Waals surface area contributed by atoms with Gasteiger partial charge in [-0.15, -0.1) is 0 Å². The van der Waals surface area contributed by atoms with Crippen LogP contribution in [0.25, 0.3) is 11.1 Å². The molecule has 4 nitrogen and oxygen atoms in total. The molecule has 1 aliphatic rings. The van der Waals surface area contributed by atoms with Gasteiger partial charge in [-0.1, -0.05) is 6.07 Å². The quantitative estimate of drug-likeness (QED) is 0.888. The average Bonchev–Trinajstić information content (AvgIpc) is 3.09. The van der Waals surface area contributed by atoms with E-state index in [2.05, 4.69) is 5.32 Å². The Morgan fingerprint density at radius 3 is 2.69 bits per heavy atom. The molecule has 2 aromatic carbocycles. The number of nitrogens with one attached hydrogen (secondary N) is 1. The molecule has 6 heteroatoms. The molecule has 0 aliphatic carbocycles. The van der Waals surface area contributed by atoms with Crippen LogP contribution in [0.3, 0.4) is 0 Å². The molecule has 3 rings (SSSR count). The van der Waals surface area contributed by atoms with Crippen molar-refractivity contribution in [3.8, 4) is 16.9 Å². The first-order valence-electron chi connectivity index (χ1n) is 8.64. The summed E-state index contributed by atoms with van der Waals surface area (Å²) >= 11 is 0. The van der Waals surface area contributed by atoms with Gasteiger partial charge in [-0.25, -0.2) is 8.78 Å². The number of ether oxygens (including phenoxy) is 1. The van der Waals surface area contributed by atoms with Crippen LogP contribution in [0, 0.1) is 11.6 Å². The molecular formula is C20H22F2N2O2. The Kier molecular flexibility index (Phi) is 5.52. The van der Waals surface area contributed by atoms with Crippen LogP contribution in [-0.4, -0.2) is 44.1 Å². The molecule has 0 radical (unpaired) electrons. The largest absolute Gasteiger partial charge is 0.497 e. The Morgan fingerprint density at radius 2 is 2.04 bits per heavy atom. The molecule has 1 N–H and O–H groups in total. The average molecular weight is 360 g/mol. The van der Waals surface area contributed by atoms with Crippen molar-refractivity contribution in [2.45, 2.75) is 18.9 Å². The number of methoxy groups -OCH3 is 1. The van der Waals surface area contributed by atoms with Crippen molar-refractivity contribution < 1.29 is 18.3 Å². The molecular weight excluding hydrogens is 338 g/mol. The summed E-state index contributed by atoms with van der Waals surface area (Å²) in [4.78, 5) is 14.4. The number of likely N-dealkylation sites (tertiary alicyclic amines) is 1. The van der Waals surface area contributed by atoms with E-state index in [9.17, 15) is 13.6 Å². The Morgan fingerprint density at radius 1 is 1.23 bits per heavy atom. The smallest absolute Gasteiger partial charge is 0.257 e. The van der Waals surface area contributed by atoms with Crippen molar-refractivity contribution in [1.82, 2.24) is 10.2 Å². The van der Waals surface area contributed by atoms with Crippen molar-refractivity contribution >= 4 is 5.91 Å². The topological polar surface area (TPSA) is 41.6 Å². The fourth-order valence-electron chi connectivity index (χ4n) is 3.42. The molecule has 1 heterocycles. The SMILES string of the molecule is CNCC1CCCN1C(=O)c1ccc(-c2ccc(OC)cc2F)cc1F. The van der Waals surface area contributed by atoms with E-state index in [1.807, 2.05) is 7.05 Å². The highest BCUT2D eigenvalue weighted by atomic mass is 19.1. The van der Waals surface area contributed by atoms with Gasteiger partial charge in [0.15, 0.2) is 0 Å². The minimum absolute atomic E-state index is 0.0191. The summed E-state index contributed by atoms with van der Waals surface area (Å²) in [6.45, 7) is 1.31. The van der Waals surface area contributed by atoms with Gasteiger partial charge in [-0.2, -0.15) is 0 Å². The number of likely N-dealkylation sites (N-methyl/N-ethyl adjacent to an activating group) is 1. The van der Waals surface area contributed by atoms with Crippen LogP contribution >= 0.6 is 0 Å². The molecule has 1 amide bonds. The van der Waals surface area contributed by atoms with Crippen LogP contribution < -0.4 is 10.1 Å². The molecule has 0 bridgehead atoms. The monoisotopic (exact) mass is 360 g/mol. The summed E-state index contributed by atoms with van der Waals surface area (Å²) in [6, 6.07) is 8.69. The summed E-state index contributed by atoms with van der Waals surface area (Å²) in [7, 11) is 3.29. The lowest BCUT2D eigenvalue weighted by molar-refractivity contribution is 0.0732. The highest BCUT2D eigenvalue weighted by Crippen LogP contribution is 2.29. The van der Waals surface area contributed by atoms with E-state index < -0.39 is 11.6 Å². The number of hydrogen-bond acceptors (Lipinski definition) is 3. The van der Waals surface area contributed by atoms with Crippen LogP contribution in [0.1, 0.15) is 23.2 Å². The third kappa shape index (κ3) is 3.55. The molecule has 1 fully saturated rings. The van der Waals surface area contributed by atoms with Crippen molar-refractivity contribution in [2.75, 3.05) is 27.2 Å². The van der Waals surface area contributed by atoms with Crippen LogP contribution in [-0.2, 0) is 0 Å². The zero-order valence-corrected chi connectivity index (χ0v) is 14.9. The summed E-state index contributed by atoms with van der Waals surface area (Å²) in [6.07, 6.45) is 1.82. The lowest BCUT2D eigenvalue weighted by Crippen LogP contribution is -2.41. The minimum Gasteiger partial charge on any atom is -0.497 e. The van der Waals surface area contributed by atoms with Crippen molar-refractivity contribution in [1.29, 1.82) is 0 Å². The molecule has 0 spiro atoms. The summed E-state index contributed by atoms with van der Waals surface area (Å²) < 4.78 is 33.8. The second kappa shape index (κ2) is 7.83. The number of carbonyl (C=O) groups excluding carboxylic acids is 1. The van der Waals surface area contributed by atoms with Gasteiger partial charge in [0.1, 0.15) is 17.4 Å². The maximum absolute atomic E-state index is 14.6. The van der Waals surface area contributed by atoms with Crippen molar-refractivity contribution in [2.24, 2.45) is 0 Å². The maximum Gasteiger partial charge on any atom is 0.257 e. The van der Waals surface area contributed by atoms with Crippen LogP contribution in [0.2, 0.25) is 0 Å². The first-order valence-corrected chi connectivity index (χ1v) is 8.64.